The Morgan fingerprint density at radius 2 is 1.72 bits per heavy atom. The van der Waals surface area contributed by atoms with Crippen LogP contribution in [-0.4, -0.2) is 68.6 Å². The van der Waals surface area contributed by atoms with Gasteiger partial charge in [-0.1, -0.05) is 45.1 Å². The van der Waals surface area contributed by atoms with Gasteiger partial charge in [-0.05, 0) is 126 Å². The molecule has 3 heterocycles. The van der Waals surface area contributed by atoms with Crippen molar-refractivity contribution >= 4 is 33.9 Å². The molecule has 1 amide bonds. The molecule has 0 radical (unpaired) electrons. The van der Waals surface area contributed by atoms with Crippen molar-refractivity contribution in [2.75, 3.05) is 14.1 Å². The molecule has 2 aliphatic heterocycles. The molecule has 2 fully saturated rings. The van der Waals surface area contributed by atoms with Crippen molar-refractivity contribution in [2.45, 2.75) is 129 Å². The van der Waals surface area contributed by atoms with Crippen molar-refractivity contribution in [3.63, 3.8) is 0 Å². The van der Waals surface area contributed by atoms with E-state index in [9.17, 15) is 24.6 Å². The van der Waals surface area contributed by atoms with Crippen molar-refractivity contribution in [2.24, 2.45) is 28.6 Å². The van der Waals surface area contributed by atoms with Crippen molar-refractivity contribution in [1.82, 2.24) is 9.47 Å². The van der Waals surface area contributed by atoms with Gasteiger partial charge in [0.15, 0.2) is 11.6 Å². The zero-order valence-electron chi connectivity index (χ0n) is 34.0. The summed E-state index contributed by atoms with van der Waals surface area (Å²) in [5.74, 6) is -0.479. The predicted molar refractivity (Wildman–Crippen MR) is 211 cm³/mol. The number of ether oxygens (including phenoxy) is 1. The van der Waals surface area contributed by atoms with E-state index >= 15 is 0 Å². The van der Waals surface area contributed by atoms with Gasteiger partial charge in [0.1, 0.15) is 6.04 Å². The first-order chi connectivity index (χ1) is 25.0. The number of carbonyl (C=O) groups is 3. The first-order valence-corrected chi connectivity index (χ1v) is 19.9. The second-order valence-electron chi connectivity index (χ2n) is 19.5. The van der Waals surface area contributed by atoms with Gasteiger partial charge in [-0.2, -0.15) is 0 Å². The van der Waals surface area contributed by atoms with Crippen LogP contribution in [0.5, 0.6) is 0 Å². The van der Waals surface area contributed by atoms with E-state index in [1.807, 2.05) is 32.9 Å². The Balaban J connectivity index is 1.32. The van der Waals surface area contributed by atoms with E-state index in [1.54, 1.807) is 20.2 Å². The number of nitrogens with zero attached hydrogens (tertiary/aromatic N) is 2. The molecule has 8 heteroatoms. The van der Waals surface area contributed by atoms with Crippen LogP contribution in [0, 0.1) is 28.6 Å². The van der Waals surface area contributed by atoms with Crippen LogP contribution in [0.3, 0.4) is 0 Å². The molecular weight excluding hydrogens is 677 g/mol. The van der Waals surface area contributed by atoms with Gasteiger partial charge in [0.25, 0.3) is 5.91 Å². The third-order valence-electron chi connectivity index (χ3n) is 15.3. The number of hydrogen-bond donors (Lipinski definition) is 2. The van der Waals surface area contributed by atoms with Gasteiger partial charge in [0, 0.05) is 47.5 Å². The number of aliphatic hydroxyl groups excluding tert-OH is 2. The van der Waals surface area contributed by atoms with E-state index in [2.05, 4.69) is 57.9 Å². The number of Topliss-reactive ketones (excluding diaryl/α,β-unsaturated/α-hetero) is 2. The fraction of sp³-hybridized carbons (Fsp3) is 0.587. The van der Waals surface area contributed by atoms with Crippen molar-refractivity contribution in [3.8, 4) is 0 Å². The van der Waals surface area contributed by atoms with Crippen LogP contribution in [0.1, 0.15) is 133 Å². The molecule has 0 spiro atoms. The molecular formula is C46H58N2O6. The summed E-state index contributed by atoms with van der Waals surface area (Å²) in [5, 5.41) is 25.1. The number of allylic oxidation sites excluding steroid dienone is 3. The van der Waals surface area contributed by atoms with Crippen molar-refractivity contribution in [1.29, 1.82) is 0 Å². The second kappa shape index (κ2) is 11.5. The van der Waals surface area contributed by atoms with Gasteiger partial charge in [-0.3, -0.25) is 14.4 Å². The molecule has 1 aromatic heterocycles. The summed E-state index contributed by atoms with van der Waals surface area (Å²) in [4.78, 5) is 41.6. The van der Waals surface area contributed by atoms with E-state index in [4.69, 9.17) is 4.74 Å². The third-order valence-corrected chi connectivity index (χ3v) is 15.3. The molecule has 2 unspecified atom stereocenters. The van der Waals surface area contributed by atoms with Crippen molar-refractivity contribution in [3.05, 3.63) is 76.0 Å². The van der Waals surface area contributed by atoms with E-state index in [0.717, 1.165) is 58.9 Å². The maximum atomic E-state index is 14.9. The fourth-order valence-electron chi connectivity index (χ4n) is 13.0. The molecule has 1 aromatic carbocycles. The van der Waals surface area contributed by atoms with Crippen LogP contribution in [0.4, 0.5) is 0 Å². The zero-order chi connectivity index (χ0) is 39.4. The molecule has 2 saturated carbocycles. The number of aliphatic hydroxyl groups is 2. The summed E-state index contributed by atoms with van der Waals surface area (Å²) < 4.78 is 8.87. The van der Waals surface area contributed by atoms with E-state index in [0.29, 0.717) is 17.9 Å². The maximum Gasteiger partial charge on any atom is 0.256 e. The lowest BCUT2D eigenvalue weighted by molar-refractivity contribution is -0.144. The molecule has 9 atom stereocenters. The highest BCUT2D eigenvalue weighted by molar-refractivity contribution is 6.19. The quantitative estimate of drug-likeness (QED) is 0.107. The summed E-state index contributed by atoms with van der Waals surface area (Å²) in [7, 11) is 3.27. The van der Waals surface area contributed by atoms with Gasteiger partial charge in [0.05, 0.1) is 40.1 Å². The van der Waals surface area contributed by atoms with Gasteiger partial charge in [-0.15, -0.1) is 0 Å². The van der Waals surface area contributed by atoms with Gasteiger partial charge in [0.2, 0.25) is 0 Å². The Morgan fingerprint density at radius 1 is 1.04 bits per heavy atom. The number of rotatable bonds is 5. The number of amides is 1. The third kappa shape index (κ3) is 4.56. The van der Waals surface area contributed by atoms with Gasteiger partial charge >= 0.3 is 0 Å². The first-order valence-electron chi connectivity index (χ1n) is 19.9. The van der Waals surface area contributed by atoms with E-state index < -0.39 is 34.9 Å². The largest absolute Gasteiger partial charge is 0.392 e. The molecule has 8 nitrogen and oxygen atoms in total. The minimum Gasteiger partial charge on any atom is -0.392 e. The molecule has 0 saturated heterocycles. The van der Waals surface area contributed by atoms with Gasteiger partial charge < -0.3 is 24.4 Å². The van der Waals surface area contributed by atoms with Gasteiger partial charge in [-0.25, -0.2) is 0 Å². The standard InChI is InChI=1S/C46H58N2O6/c1-23(2)36-39(52)34-33-27(30-22-42(4,5)54-43(6,7)35(30)38(33)51)21-28-29-20-25-15-16-31-44(8,18-13-14-26(24(3)49)41(53)47(11)12)32(50)17-19-45(31,9)46(25,10)40(29)48(36)37(28)34/h13-14,18,21-22,25,31-32,35-36,38,50-51H,1,15-17,19-20H2,2-12H3/b18-13+,26-14+/t25?,31-,32-,35?,36-,38+,44-,45-,46+/m0/s1. The molecule has 4 aliphatic carbocycles. The number of likely N-dealkylation sites (N-methyl/N-ethyl adjacent to an activating group) is 1. The van der Waals surface area contributed by atoms with Crippen LogP contribution in [0.25, 0.3) is 16.5 Å². The number of fused-ring (bicyclic) bond motifs is 11. The van der Waals surface area contributed by atoms with Crippen LogP contribution >= 0.6 is 0 Å². The predicted octanol–water partition coefficient (Wildman–Crippen LogP) is 7.76. The molecule has 54 heavy (non-hydrogen) atoms. The average Bonchev–Trinajstić information content (AvgIpc) is 3.73. The summed E-state index contributed by atoms with van der Waals surface area (Å²) in [6.07, 6.45) is 10.4. The molecule has 288 valence electrons. The lowest BCUT2D eigenvalue weighted by Gasteiger charge is -2.64. The SMILES string of the molecule is C=C(C)[C@H]1C(=O)c2c3c(cc4c5c(n1c24)[C@@]1(C)C(CC[C@H]2[C@](C)(/C=C/C=C(\C(C)=O)C(=O)N(C)C)[C@@H](O)CC[C@@]21C)C5)C1=CC(C)(C)OC(C)(C)C1[C@@H]3O. The molecule has 8 rings (SSSR count). The summed E-state index contributed by atoms with van der Waals surface area (Å²) in [6.45, 7) is 22.9. The Bertz CT molecular complexity index is 2180. The number of ketones is 2. The summed E-state index contributed by atoms with van der Waals surface area (Å²) >= 11 is 0. The Labute approximate surface area is 320 Å². The van der Waals surface area contributed by atoms with Crippen LogP contribution in [0.2, 0.25) is 0 Å². The topological polar surface area (TPSA) is 109 Å². The monoisotopic (exact) mass is 734 g/mol. The Hall–Kier alpha value is -3.59. The first kappa shape index (κ1) is 37.3. The van der Waals surface area contributed by atoms with Crippen LogP contribution < -0.4 is 0 Å². The summed E-state index contributed by atoms with van der Waals surface area (Å²) in [6, 6.07) is 1.72. The number of benzene rings is 1. The molecule has 2 N–H and O–H groups in total. The number of aromatic nitrogens is 1. The van der Waals surface area contributed by atoms with E-state index in [-0.39, 0.29) is 45.7 Å². The molecule has 2 aromatic rings. The smallest absolute Gasteiger partial charge is 0.256 e. The maximum absolute atomic E-state index is 14.9. The second-order valence-corrected chi connectivity index (χ2v) is 19.5. The minimum absolute atomic E-state index is 0.00941. The van der Waals surface area contributed by atoms with E-state index in [1.165, 1.54) is 23.1 Å². The lowest BCUT2D eigenvalue weighted by atomic mass is 9.40. The number of hydrogen-bond acceptors (Lipinski definition) is 6. The van der Waals surface area contributed by atoms with Crippen LogP contribution in [-0.2, 0) is 26.2 Å². The Morgan fingerprint density at radius 3 is 2.35 bits per heavy atom. The fourth-order valence-corrected chi connectivity index (χ4v) is 13.0. The van der Waals surface area contributed by atoms with Crippen LogP contribution in [0.15, 0.2) is 48.1 Å². The highest BCUT2D eigenvalue weighted by Gasteiger charge is 2.67. The molecule has 6 aliphatic rings. The lowest BCUT2D eigenvalue weighted by Crippen LogP contribution is -2.62. The highest BCUT2D eigenvalue weighted by Crippen LogP contribution is 2.71. The van der Waals surface area contributed by atoms with Crippen molar-refractivity contribution < 1.29 is 29.3 Å². The molecule has 0 bridgehead atoms. The summed E-state index contributed by atoms with van der Waals surface area (Å²) in [5.41, 5.74) is 5.42. The number of carbonyl (C=O) groups excluding carboxylic acids is 3. The normalized spacial score (nSPS) is 37.1. The Kier molecular flexibility index (Phi) is 7.94. The average molecular weight is 735 g/mol. The minimum atomic E-state index is -0.874. The zero-order valence-corrected chi connectivity index (χ0v) is 34.0. The highest BCUT2D eigenvalue weighted by atomic mass is 16.5.